The summed E-state index contributed by atoms with van der Waals surface area (Å²) < 4.78 is 27.7. The Kier molecular flexibility index (Phi) is 3.95. The van der Waals surface area contributed by atoms with E-state index in [0.29, 0.717) is 6.54 Å². The van der Waals surface area contributed by atoms with Gasteiger partial charge in [-0.2, -0.15) is 0 Å². The van der Waals surface area contributed by atoms with E-state index in [-0.39, 0.29) is 11.0 Å². The van der Waals surface area contributed by atoms with Crippen LogP contribution in [-0.2, 0) is 11.3 Å². The first-order chi connectivity index (χ1) is 8.89. The molecular formula is C16H23F2N. The SMILES string of the molecule is Cc1ccc(C(C)(F)F)c(C2(CN)CCCCC2)c1. The summed E-state index contributed by atoms with van der Waals surface area (Å²) in [5, 5.41) is 0. The van der Waals surface area contributed by atoms with E-state index in [9.17, 15) is 8.78 Å². The smallest absolute Gasteiger partial charge is 0.270 e. The molecule has 0 heterocycles. The molecule has 0 bridgehead atoms. The average molecular weight is 267 g/mol. The Morgan fingerprint density at radius 3 is 2.37 bits per heavy atom. The Hall–Kier alpha value is -0.960. The summed E-state index contributed by atoms with van der Waals surface area (Å²) in [6.07, 6.45) is 5.21. The van der Waals surface area contributed by atoms with E-state index in [1.165, 1.54) is 6.42 Å². The molecule has 106 valence electrons. The minimum absolute atomic E-state index is 0.158. The zero-order chi connectivity index (χ0) is 14.1. The van der Waals surface area contributed by atoms with Gasteiger partial charge in [-0.25, -0.2) is 8.78 Å². The molecule has 0 unspecified atom stereocenters. The van der Waals surface area contributed by atoms with Crippen LogP contribution in [-0.4, -0.2) is 6.54 Å². The molecule has 0 aliphatic heterocycles. The lowest BCUT2D eigenvalue weighted by atomic mass is 9.67. The molecule has 0 aromatic heterocycles. The maximum atomic E-state index is 13.9. The zero-order valence-electron chi connectivity index (χ0n) is 11.8. The number of benzene rings is 1. The van der Waals surface area contributed by atoms with Crippen molar-refractivity contribution >= 4 is 0 Å². The molecule has 0 radical (unpaired) electrons. The number of hydrogen-bond donors (Lipinski definition) is 1. The first-order valence-corrected chi connectivity index (χ1v) is 7.08. The Bertz CT molecular complexity index is 443. The Morgan fingerprint density at radius 2 is 1.84 bits per heavy atom. The molecule has 1 aromatic carbocycles. The molecule has 1 saturated carbocycles. The fourth-order valence-corrected chi connectivity index (χ4v) is 3.29. The Balaban J connectivity index is 2.55. The summed E-state index contributed by atoms with van der Waals surface area (Å²) in [6.45, 7) is 3.39. The predicted molar refractivity (Wildman–Crippen MR) is 74.6 cm³/mol. The highest BCUT2D eigenvalue weighted by Gasteiger charge is 2.39. The highest BCUT2D eigenvalue weighted by Crippen LogP contribution is 2.44. The van der Waals surface area contributed by atoms with Gasteiger partial charge in [0.2, 0.25) is 0 Å². The topological polar surface area (TPSA) is 26.0 Å². The molecule has 2 rings (SSSR count). The second-order valence-electron chi connectivity index (χ2n) is 5.98. The van der Waals surface area contributed by atoms with Crippen LogP contribution in [0.4, 0.5) is 8.78 Å². The number of alkyl halides is 2. The third kappa shape index (κ3) is 2.81. The number of aryl methyl sites for hydroxylation is 1. The second-order valence-corrected chi connectivity index (χ2v) is 5.98. The largest absolute Gasteiger partial charge is 0.330 e. The van der Waals surface area contributed by atoms with Gasteiger partial charge in [0.1, 0.15) is 0 Å². The van der Waals surface area contributed by atoms with Crippen LogP contribution in [0.5, 0.6) is 0 Å². The predicted octanol–water partition coefficient (Wildman–Crippen LogP) is 4.27. The normalized spacial score (nSPS) is 19.4. The van der Waals surface area contributed by atoms with Crippen LogP contribution in [0.2, 0.25) is 0 Å². The quantitative estimate of drug-likeness (QED) is 0.869. The lowest BCUT2D eigenvalue weighted by Gasteiger charge is -2.39. The molecule has 2 N–H and O–H groups in total. The van der Waals surface area contributed by atoms with Crippen LogP contribution in [0.1, 0.15) is 55.7 Å². The maximum absolute atomic E-state index is 13.9. The highest BCUT2D eigenvalue weighted by molar-refractivity contribution is 5.40. The van der Waals surface area contributed by atoms with E-state index in [2.05, 4.69) is 0 Å². The fourth-order valence-electron chi connectivity index (χ4n) is 3.29. The van der Waals surface area contributed by atoms with E-state index in [4.69, 9.17) is 5.73 Å². The molecule has 0 spiro atoms. The van der Waals surface area contributed by atoms with Gasteiger partial charge in [-0.3, -0.25) is 0 Å². The lowest BCUT2D eigenvalue weighted by molar-refractivity contribution is 0.0148. The minimum atomic E-state index is -2.80. The number of rotatable bonds is 3. The molecule has 19 heavy (non-hydrogen) atoms. The summed E-state index contributed by atoms with van der Waals surface area (Å²) in [7, 11) is 0. The van der Waals surface area contributed by atoms with E-state index < -0.39 is 5.92 Å². The fraction of sp³-hybridized carbons (Fsp3) is 0.625. The average Bonchev–Trinajstić information content (AvgIpc) is 2.38. The lowest BCUT2D eigenvalue weighted by Crippen LogP contribution is -2.39. The monoisotopic (exact) mass is 267 g/mol. The van der Waals surface area contributed by atoms with Crippen molar-refractivity contribution in [2.45, 2.75) is 57.3 Å². The van der Waals surface area contributed by atoms with E-state index in [0.717, 1.165) is 43.7 Å². The van der Waals surface area contributed by atoms with Gasteiger partial charge in [-0.05, 0) is 25.3 Å². The summed E-state index contributed by atoms with van der Waals surface area (Å²) in [5.41, 5.74) is 7.70. The summed E-state index contributed by atoms with van der Waals surface area (Å²) in [4.78, 5) is 0. The van der Waals surface area contributed by atoms with Crippen molar-refractivity contribution in [2.75, 3.05) is 6.54 Å². The van der Waals surface area contributed by atoms with Crippen LogP contribution in [0, 0.1) is 6.92 Å². The second kappa shape index (κ2) is 5.20. The first-order valence-electron chi connectivity index (χ1n) is 7.08. The molecule has 3 heteroatoms. The van der Waals surface area contributed by atoms with Gasteiger partial charge in [-0.1, -0.05) is 43.0 Å². The molecular weight excluding hydrogens is 244 g/mol. The molecule has 1 nitrogen and oxygen atoms in total. The van der Waals surface area contributed by atoms with Crippen LogP contribution >= 0.6 is 0 Å². The van der Waals surface area contributed by atoms with Gasteiger partial charge < -0.3 is 5.73 Å². The first kappa shape index (κ1) is 14.4. The van der Waals surface area contributed by atoms with Crippen molar-refractivity contribution in [3.63, 3.8) is 0 Å². The van der Waals surface area contributed by atoms with Crippen molar-refractivity contribution in [2.24, 2.45) is 5.73 Å². The van der Waals surface area contributed by atoms with Gasteiger partial charge in [0.25, 0.3) is 5.92 Å². The summed E-state index contributed by atoms with van der Waals surface area (Å²) >= 11 is 0. The van der Waals surface area contributed by atoms with Crippen LogP contribution in [0.3, 0.4) is 0 Å². The van der Waals surface area contributed by atoms with Gasteiger partial charge >= 0.3 is 0 Å². The van der Waals surface area contributed by atoms with Gasteiger partial charge in [0, 0.05) is 24.4 Å². The summed E-state index contributed by atoms with van der Waals surface area (Å²) in [6, 6.07) is 5.27. The molecule has 0 amide bonds. The molecule has 1 aliphatic rings. The van der Waals surface area contributed by atoms with Crippen molar-refractivity contribution in [1.29, 1.82) is 0 Å². The van der Waals surface area contributed by atoms with E-state index >= 15 is 0 Å². The van der Waals surface area contributed by atoms with Crippen molar-refractivity contribution in [3.8, 4) is 0 Å². The third-order valence-corrected chi connectivity index (χ3v) is 4.42. The highest BCUT2D eigenvalue weighted by atomic mass is 19.3. The van der Waals surface area contributed by atoms with E-state index in [1.54, 1.807) is 12.1 Å². The van der Waals surface area contributed by atoms with Gasteiger partial charge in [-0.15, -0.1) is 0 Å². The Labute approximate surface area is 114 Å². The Morgan fingerprint density at radius 1 is 1.21 bits per heavy atom. The van der Waals surface area contributed by atoms with Gasteiger partial charge in [0.05, 0.1) is 0 Å². The van der Waals surface area contributed by atoms with Crippen molar-refractivity contribution in [3.05, 3.63) is 34.9 Å². The van der Waals surface area contributed by atoms with E-state index in [1.807, 2.05) is 13.0 Å². The number of hydrogen-bond acceptors (Lipinski definition) is 1. The van der Waals surface area contributed by atoms with Crippen molar-refractivity contribution in [1.82, 2.24) is 0 Å². The van der Waals surface area contributed by atoms with Crippen molar-refractivity contribution < 1.29 is 8.78 Å². The molecule has 0 atom stereocenters. The van der Waals surface area contributed by atoms with Crippen LogP contribution in [0.15, 0.2) is 18.2 Å². The molecule has 1 aliphatic carbocycles. The zero-order valence-corrected chi connectivity index (χ0v) is 11.8. The van der Waals surface area contributed by atoms with Crippen LogP contribution < -0.4 is 5.73 Å². The third-order valence-electron chi connectivity index (χ3n) is 4.42. The molecule has 1 fully saturated rings. The minimum Gasteiger partial charge on any atom is -0.330 e. The van der Waals surface area contributed by atoms with Crippen LogP contribution in [0.25, 0.3) is 0 Å². The maximum Gasteiger partial charge on any atom is 0.270 e. The number of nitrogens with two attached hydrogens (primary N) is 1. The molecule has 1 aromatic rings. The van der Waals surface area contributed by atoms with Gasteiger partial charge in [0.15, 0.2) is 0 Å². The number of halogens is 2. The standard InChI is InChI=1S/C16H23F2N/c1-12-6-7-13(15(2,17)18)14(10-12)16(11-19)8-4-3-5-9-16/h6-7,10H,3-5,8-9,11,19H2,1-2H3. The molecule has 0 saturated heterocycles. The summed E-state index contributed by atoms with van der Waals surface area (Å²) in [5.74, 6) is -2.80.